The van der Waals surface area contributed by atoms with Crippen LogP contribution in [0, 0.1) is 0 Å². The molecule has 0 N–H and O–H groups in total. The third kappa shape index (κ3) is 13.2. The van der Waals surface area contributed by atoms with E-state index in [9.17, 15) is 26.3 Å². The highest BCUT2D eigenvalue weighted by atomic mass is 19.4. The van der Waals surface area contributed by atoms with Gasteiger partial charge in [0.05, 0.1) is 13.2 Å². The summed E-state index contributed by atoms with van der Waals surface area (Å²) in [5, 5.41) is 0. The fourth-order valence-corrected chi connectivity index (χ4v) is 0.621. The Balaban J connectivity index is 3.36. The molecule has 0 heterocycles. The molecule has 0 spiro atoms. The minimum atomic E-state index is -4.40. The summed E-state index contributed by atoms with van der Waals surface area (Å²) in [6, 6.07) is 0. The van der Waals surface area contributed by atoms with Crippen LogP contribution >= 0.6 is 0 Å². The van der Waals surface area contributed by atoms with Crippen LogP contribution in [0.5, 0.6) is 0 Å². The molecule has 0 radical (unpaired) electrons. The van der Waals surface area contributed by atoms with E-state index in [2.05, 4.69) is 9.47 Å². The predicted octanol–water partition coefficient (Wildman–Crippen LogP) is 2.70. The summed E-state index contributed by atoms with van der Waals surface area (Å²) in [6.45, 7) is -3.43. The first-order chi connectivity index (χ1) is 7.21. The molecule has 96 valence electrons. The molecule has 0 amide bonds. The normalized spacial score (nSPS) is 13.6. The molecule has 0 rings (SSSR count). The Morgan fingerprint density at radius 1 is 0.688 bits per heavy atom. The van der Waals surface area contributed by atoms with Gasteiger partial charge in [-0.25, -0.2) is 0 Å². The Kier molecular flexibility index (Phi) is 6.42. The number of hydrogen-bond acceptors (Lipinski definition) is 2. The molecule has 16 heavy (non-hydrogen) atoms. The molecule has 0 saturated heterocycles. The van der Waals surface area contributed by atoms with Crippen molar-refractivity contribution in [1.29, 1.82) is 0 Å². The van der Waals surface area contributed by atoms with Crippen molar-refractivity contribution in [2.24, 2.45) is 0 Å². The number of ether oxygens (including phenoxy) is 2. The van der Waals surface area contributed by atoms with E-state index in [1.54, 1.807) is 0 Å². The molecular formula is C8H10F6O2. The second-order valence-electron chi connectivity index (χ2n) is 2.73. The van der Waals surface area contributed by atoms with Gasteiger partial charge in [-0.15, -0.1) is 0 Å². The lowest BCUT2D eigenvalue weighted by molar-refractivity contribution is -0.172. The van der Waals surface area contributed by atoms with E-state index in [0.29, 0.717) is 0 Å². The average molecular weight is 252 g/mol. The van der Waals surface area contributed by atoms with Crippen LogP contribution in [-0.2, 0) is 9.47 Å². The van der Waals surface area contributed by atoms with E-state index >= 15 is 0 Å². The Hall–Kier alpha value is -0.760. The topological polar surface area (TPSA) is 18.5 Å². The maximum atomic E-state index is 11.5. The zero-order valence-electron chi connectivity index (χ0n) is 8.07. The highest BCUT2D eigenvalue weighted by Gasteiger charge is 2.27. The smallest absolute Gasteiger partial charge is 0.368 e. The molecule has 0 unspecified atom stereocenters. The summed E-state index contributed by atoms with van der Waals surface area (Å²) in [7, 11) is 0. The summed E-state index contributed by atoms with van der Waals surface area (Å²) < 4.78 is 77.4. The molecule has 0 atom stereocenters. The van der Waals surface area contributed by atoms with Gasteiger partial charge in [0.1, 0.15) is 13.2 Å². The van der Waals surface area contributed by atoms with Crippen molar-refractivity contribution in [1.82, 2.24) is 0 Å². The van der Waals surface area contributed by atoms with Crippen molar-refractivity contribution in [2.75, 3.05) is 26.4 Å². The summed E-state index contributed by atoms with van der Waals surface area (Å²) in [5.74, 6) is 0. The van der Waals surface area contributed by atoms with Gasteiger partial charge in [-0.1, -0.05) is 12.2 Å². The van der Waals surface area contributed by atoms with E-state index < -0.39 is 25.6 Å². The molecule has 0 aromatic carbocycles. The van der Waals surface area contributed by atoms with Crippen LogP contribution < -0.4 is 0 Å². The predicted molar refractivity (Wildman–Crippen MR) is 42.9 cm³/mol. The van der Waals surface area contributed by atoms with Gasteiger partial charge in [0, 0.05) is 0 Å². The minimum absolute atomic E-state index is 0.325. The fourth-order valence-electron chi connectivity index (χ4n) is 0.621. The van der Waals surface area contributed by atoms with Crippen molar-refractivity contribution in [2.45, 2.75) is 12.4 Å². The Labute approximate surface area is 87.8 Å². The number of hydrogen-bond donors (Lipinski definition) is 0. The molecule has 0 saturated carbocycles. The van der Waals surface area contributed by atoms with E-state index in [-0.39, 0.29) is 13.2 Å². The van der Waals surface area contributed by atoms with E-state index in [4.69, 9.17) is 0 Å². The van der Waals surface area contributed by atoms with Crippen molar-refractivity contribution in [3.05, 3.63) is 12.2 Å². The zero-order chi connectivity index (χ0) is 12.7. The molecule has 0 aliphatic carbocycles. The van der Waals surface area contributed by atoms with Gasteiger partial charge in [-0.05, 0) is 0 Å². The molecular weight excluding hydrogens is 242 g/mol. The first kappa shape index (κ1) is 15.2. The van der Waals surface area contributed by atoms with Gasteiger partial charge in [0.25, 0.3) is 0 Å². The van der Waals surface area contributed by atoms with Crippen LogP contribution in [0.4, 0.5) is 26.3 Å². The molecule has 0 aliphatic heterocycles. The van der Waals surface area contributed by atoms with Crippen LogP contribution in [0.3, 0.4) is 0 Å². The van der Waals surface area contributed by atoms with Gasteiger partial charge in [0.15, 0.2) is 0 Å². The Morgan fingerprint density at radius 3 is 1.25 bits per heavy atom. The van der Waals surface area contributed by atoms with E-state index in [0.717, 1.165) is 12.2 Å². The number of rotatable bonds is 6. The lowest BCUT2D eigenvalue weighted by Gasteiger charge is -2.05. The monoisotopic (exact) mass is 252 g/mol. The summed E-state index contributed by atoms with van der Waals surface area (Å²) in [5.41, 5.74) is 0. The third-order valence-corrected chi connectivity index (χ3v) is 1.13. The number of halogens is 6. The summed E-state index contributed by atoms with van der Waals surface area (Å²) in [4.78, 5) is 0. The van der Waals surface area contributed by atoms with Crippen molar-refractivity contribution in [3.8, 4) is 0 Å². The van der Waals surface area contributed by atoms with Crippen molar-refractivity contribution in [3.63, 3.8) is 0 Å². The largest absolute Gasteiger partial charge is 0.411 e. The quantitative estimate of drug-likeness (QED) is 0.411. The average Bonchev–Trinajstić information content (AvgIpc) is 2.06. The van der Waals surface area contributed by atoms with Gasteiger partial charge in [0.2, 0.25) is 0 Å². The van der Waals surface area contributed by atoms with Gasteiger partial charge >= 0.3 is 12.4 Å². The van der Waals surface area contributed by atoms with Gasteiger partial charge in [-0.2, -0.15) is 26.3 Å². The highest BCUT2D eigenvalue weighted by Crippen LogP contribution is 2.14. The lowest BCUT2D eigenvalue weighted by Crippen LogP contribution is -2.17. The van der Waals surface area contributed by atoms with E-state index in [1.807, 2.05) is 0 Å². The summed E-state index contributed by atoms with van der Waals surface area (Å²) >= 11 is 0. The minimum Gasteiger partial charge on any atom is -0.368 e. The first-order valence-corrected chi connectivity index (χ1v) is 4.15. The van der Waals surface area contributed by atoms with Crippen molar-refractivity contribution < 1.29 is 35.8 Å². The van der Waals surface area contributed by atoms with Crippen LogP contribution in [0.15, 0.2) is 12.2 Å². The van der Waals surface area contributed by atoms with Crippen LogP contribution in [0.1, 0.15) is 0 Å². The van der Waals surface area contributed by atoms with Crippen LogP contribution in [-0.4, -0.2) is 38.8 Å². The molecule has 0 fully saturated rings. The highest BCUT2D eigenvalue weighted by molar-refractivity contribution is 4.81. The Morgan fingerprint density at radius 2 is 1.00 bits per heavy atom. The van der Waals surface area contributed by atoms with Crippen LogP contribution in [0.25, 0.3) is 0 Å². The second kappa shape index (κ2) is 6.74. The second-order valence-corrected chi connectivity index (χ2v) is 2.73. The standard InChI is InChI=1S/C8H10F6O2/c9-7(10,11)5-15-3-1-2-4-16-6-8(12,13)14/h1-2H,3-6H2. The molecule has 0 aromatic rings. The van der Waals surface area contributed by atoms with Crippen molar-refractivity contribution >= 4 is 0 Å². The van der Waals surface area contributed by atoms with Gasteiger partial charge in [-0.3, -0.25) is 0 Å². The summed E-state index contributed by atoms with van der Waals surface area (Å²) in [6.07, 6.45) is -6.49. The number of alkyl halides is 6. The third-order valence-electron chi connectivity index (χ3n) is 1.13. The molecule has 8 heteroatoms. The zero-order valence-corrected chi connectivity index (χ0v) is 8.07. The molecule has 2 nitrogen and oxygen atoms in total. The van der Waals surface area contributed by atoms with E-state index in [1.165, 1.54) is 0 Å². The molecule has 0 bridgehead atoms. The molecule has 0 aromatic heterocycles. The lowest BCUT2D eigenvalue weighted by atomic mass is 10.5. The maximum Gasteiger partial charge on any atom is 0.411 e. The SMILES string of the molecule is FC(F)(F)COCC=CCOCC(F)(F)F. The molecule has 0 aliphatic rings. The van der Waals surface area contributed by atoms with Crippen LogP contribution in [0.2, 0.25) is 0 Å². The maximum absolute atomic E-state index is 11.5. The van der Waals surface area contributed by atoms with Gasteiger partial charge < -0.3 is 9.47 Å². The first-order valence-electron chi connectivity index (χ1n) is 4.15. The fraction of sp³-hybridized carbons (Fsp3) is 0.750. The Bertz CT molecular complexity index is 186.